The van der Waals surface area contributed by atoms with Gasteiger partial charge in [-0.25, -0.2) is 0 Å². The third-order valence-corrected chi connectivity index (χ3v) is 2.97. The van der Waals surface area contributed by atoms with Gasteiger partial charge in [-0.15, -0.1) is 11.8 Å². The van der Waals surface area contributed by atoms with Crippen LogP contribution in [0, 0.1) is 0 Å². The third kappa shape index (κ3) is 2.79. The van der Waals surface area contributed by atoms with Crippen LogP contribution in [-0.2, 0) is 0 Å². The molecule has 1 N–H and O–H groups in total. The van der Waals surface area contributed by atoms with Crippen molar-refractivity contribution in [1.29, 1.82) is 0 Å². The van der Waals surface area contributed by atoms with Crippen molar-refractivity contribution in [3.05, 3.63) is 18.2 Å². The van der Waals surface area contributed by atoms with E-state index in [2.05, 4.69) is 25.2 Å². The fourth-order valence-electron chi connectivity index (χ4n) is 1.26. The molecule has 0 saturated heterocycles. The van der Waals surface area contributed by atoms with Gasteiger partial charge in [0.15, 0.2) is 11.5 Å². The summed E-state index contributed by atoms with van der Waals surface area (Å²) in [6.45, 7) is 4.62. The van der Waals surface area contributed by atoms with Gasteiger partial charge in [-0.05, 0) is 18.2 Å². The average molecular weight is 225 g/mol. The summed E-state index contributed by atoms with van der Waals surface area (Å²) in [5.41, 5.74) is 0. The van der Waals surface area contributed by atoms with E-state index in [1.54, 1.807) is 11.8 Å². The number of ether oxygens (including phenoxy) is 2. The first-order valence-electron chi connectivity index (χ1n) is 5.01. The van der Waals surface area contributed by atoms with Crippen molar-refractivity contribution in [1.82, 2.24) is 5.32 Å². The predicted molar refractivity (Wildman–Crippen MR) is 61.6 cm³/mol. The number of benzene rings is 1. The van der Waals surface area contributed by atoms with Gasteiger partial charge in [-0.2, -0.15) is 0 Å². The summed E-state index contributed by atoms with van der Waals surface area (Å²) < 4.78 is 10.6. The molecule has 0 saturated carbocycles. The molecule has 0 spiro atoms. The Morgan fingerprint density at radius 1 is 1.33 bits per heavy atom. The lowest BCUT2D eigenvalue weighted by molar-refractivity contribution is 0.174. The molecule has 1 aliphatic heterocycles. The van der Waals surface area contributed by atoms with Crippen LogP contribution in [0.25, 0.3) is 0 Å². The molecule has 0 atom stereocenters. The van der Waals surface area contributed by atoms with E-state index >= 15 is 0 Å². The summed E-state index contributed by atoms with van der Waals surface area (Å²) in [6.07, 6.45) is 0. The molecule has 82 valence electrons. The SMILES string of the molecule is CC(C)NCSc1ccc2c(c1)OCO2. The first-order chi connectivity index (χ1) is 7.25. The van der Waals surface area contributed by atoms with Crippen molar-refractivity contribution in [3.8, 4) is 11.5 Å². The van der Waals surface area contributed by atoms with E-state index in [0.29, 0.717) is 12.8 Å². The van der Waals surface area contributed by atoms with E-state index in [9.17, 15) is 0 Å². The van der Waals surface area contributed by atoms with Gasteiger partial charge >= 0.3 is 0 Å². The number of thioether (sulfide) groups is 1. The van der Waals surface area contributed by atoms with Crippen LogP contribution < -0.4 is 14.8 Å². The molecule has 0 aromatic heterocycles. The highest BCUT2D eigenvalue weighted by molar-refractivity contribution is 7.99. The second-order valence-electron chi connectivity index (χ2n) is 3.66. The minimum Gasteiger partial charge on any atom is -0.454 e. The predicted octanol–water partition coefficient (Wildman–Crippen LogP) is 2.46. The fourth-order valence-corrected chi connectivity index (χ4v) is 2.20. The largest absolute Gasteiger partial charge is 0.454 e. The summed E-state index contributed by atoms with van der Waals surface area (Å²) >= 11 is 1.77. The first-order valence-corrected chi connectivity index (χ1v) is 6.00. The molecule has 1 aliphatic rings. The second kappa shape index (κ2) is 4.77. The molecule has 0 amide bonds. The molecule has 15 heavy (non-hydrogen) atoms. The Labute approximate surface area is 94.2 Å². The van der Waals surface area contributed by atoms with Gasteiger partial charge in [0.25, 0.3) is 0 Å². The molecule has 1 aromatic carbocycles. The van der Waals surface area contributed by atoms with Crippen molar-refractivity contribution >= 4 is 11.8 Å². The minimum absolute atomic E-state index is 0.341. The van der Waals surface area contributed by atoms with Gasteiger partial charge in [-0.3, -0.25) is 0 Å². The maximum atomic E-state index is 5.31. The van der Waals surface area contributed by atoms with E-state index in [1.807, 2.05) is 12.1 Å². The number of nitrogens with one attached hydrogen (secondary N) is 1. The van der Waals surface area contributed by atoms with Crippen molar-refractivity contribution < 1.29 is 9.47 Å². The number of rotatable bonds is 4. The molecule has 2 rings (SSSR count). The van der Waals surface area contributed by atoms with Crippen molar-refractivity contribution in [2.45, 2.75) is 24.8 Å². The van der Waals surface area contributed by atoms with Gasteiger partial charge in [0.1, 0.15) is 0 Å². The van der Waals surface area contributed by atoms with Crippen molar-refractivity contribution in [2.24, 2.45) is 0 Å². The fraction of sp³-hybridized carbons (Fsp3) is 0.455. The topological polar surface area (TPSA) is 30.5 Å². The van der Waals surface area contributed by atoms with E-state index in [4.69, 9.17) is 9.47 Å². The summed E-state index contributed by atoms with van der Waals surface area (Å²) in [6, 6.07) is 6.56. The van der Waals surface area contributed by atoms with Gasteiger partial charge < -0.3 is 14.8 Å². The van der Waals surface area contributed by atoms with Crippen LogP contribution >= 0.6 is 11.8 Å². The van der Waals surface area contributed by atoms with Gasteiger partial charge in [0.2, 0.25) is 6.79 Å². The lowest BCUT2D eigenvalue weighted by Gasteiger charge is -2.07. The van der Waals surface area contributed by atoms with Crippen LogP contribution in [-0.4, -0.2) is 18.7 Å². The molecule has 1 heterocycles. The normalized spacial score (nSPS) is 13.5. The Balaban J connectivity index is 1.92. The minimum atomic E-state index is 0.341. The highest BCUT2D eigenvalue weighted by Crippen LogP contribution is 2.35. The molecular weight excluding hydrogens is 210 g/mol. The van der Waals surface area contributed by atoms with Crippen LogP contribution in [0.4, 0.5) is 0 Å². The zero-order chi connectivity index (χ0) is 10.7. The number of hydrogen-bond acceptors (Lipinski definition) is 4. The highest BCUT2D eigenvalue weighted by atomic mass is 32.2. The molecule has 3 nitrogen and oxygen atoms in total. The molecule has 0 unspecified atom stereocenters. The lowest BCUT2D eigenvalue weighted by Crippen LogP contribution is -2.21. The average Bonchev–Trinajstić information content (AvgIpc) is 2.64. The summed E-state index contributed by atoms with van der Waals surface area (Å²) in [5, 5.41) is 3.35. The molecule has 0 radical (unpaired) electrons. The Morgan fingerprint density at radius 3 is 2.93 bits per heavy atom. The smallest absolute Gasteiger partial charge is 0.231 e. The van der Waals surface area contributed by atoms with Crippen LogP contribution in [0.1, 0.15) is 13.8 Å². The summed E-state index contributed by atoms with van der Waals surface area (Å²) in [4.78, 5) is 1.20. The van der Waals surface area contributed by atoms with E-state index < -0.39 is 0 Å². The van der Waals surface area contributed by atoms with E-state index in [1.165, 1.54) is 4.90 Å². The molecule has 4 heteroatoms. The number of hydrogen-bond donors (Lipinski definition) is 1. The molecule has 1 aromatic rings. The van der Waals surface area contributed by atoms with Gasteiger partial charge in [0, 0.05) is 16.8 Å². The Morgan fingerprint density at radius 2 is 2.13 bits per heavy atom. The lowest BCUT2D eigenvalue weighted by atomic mass is 10.3. The van der Waals surface area contributed by atoms with E-state index in [0.717, 1.165) is 17.4 Å². The summed E-state index contributed by atoms with van der Waals surface area (Å²) in [7, 11) is 0. The van der Waals surface area contributed by atoms with Crippen LogP contribution in [0.3, 0.4) is 0 Å². The second-order valence-corrected chi connectivity index (χ2v) is 4.71. The quantitative estimate of drug-likeness (QED) is 0.630. The highest BCUT2D eigenvalue weighted by Gasteiger charge is 2.12. The Hall–Kier alpha value is -0.870. The first kappa shape index (κ1) is 10.6. The Kier molecular flexibility index (Phi) is 3.38. The third-order valence-electron chi connectivity index (χ3n) is 2.07. The maximum absolute atomic E-state index is 5.31. The van der Waals surface area contributed by atoms with E-state index in [-0.39, 0.29) is 0 Å². The number of fused-ring (bicyclic) bond motifs is 1. The standard InChI is InChI=1S/C11H15NO2S/c1-8(2)12-6-15-9-3-4-10-11(5-9)14-7-13-10/h3-5,8,12H,6-7H2,1-2H3. The van der Waals surface area contributed by atoms with Gasteiger partial charge in [-0.1, -0.05) is 13.8 Å². The maximum Gasteiger partial charge on any atom is 0.231 e. The monoisotopic (exact) mass is 225 g/mol. The molecular formula is C11H15NO2S. The molecule has 0 aliphatic carbocycles. The van der Waals surface area contributed by atoms with Gasteiger partial charge in [0.05, 0.1) is 0 Å². The van der Waals surface area contributed by atoms with Crippen LogP contribution in [0.15, 0.2) is 23.1 Å². The Bertz CT molecular complexity index is 341. The molecule has 0 fully saturated rings. The summed E-state index contributed by atoms with van der Waals surface area (Å²) in [5.74, 6) is 2.61. The molecule has 0 bridgehead atoms. The van der Waals surface area contributed by atoms with Crippen LogP contribution in [0.2, 0.25) is 0 Å². The zero-order valence-electron chi connectivity index (χ0n) is 8.95. The zero-order valence-corrected chi connectivity index (χ0v) is 9.76. The van der Waals surface area contributed by atoms with Crippen molar-refractivity contribution in [3.63, 3.8) is 0 Å². The van der Waals surface area contributed by atoms with Crippen molar-refractivity contribution in [2.75, 3.05) is 12.7 Å². The van der Waals surface area contributed by atoms with Crippen LogP contribution in [0.5, 0.6) is 11.5 Å².